The van der Waals surface area contributed by atoms with Crippen LogP contribution in [0.5, 0.6) is 0 Å². The lowest BCUT2D eigenvalue weighted by molar-refractivity contribution is 0.198. The Morgan fingerprint density at radius 1 is 1.43 bits per heavy atom. The molecule has 2 aromatic heterocycles. The molecule has 0 spiro atoms. The molecule has 0 amide bonds. The zero-order valence-electron chi connectivity index (χ0n) is 12.9. The maximum absolute atomic E-state index is 4.84. The van der Waals surface area contributed by atoms with Gasteiger partial charge >= 0.3 is 0 Å². The SMILES string of the molecule is Cc1cc2c(cn1)c(N1CCC(C)(N(C)C)C1)nn2PI. The van der Waals surface area contributed by atoms with Crippen LogP contribution in [-0.2, 0) is 0 Å². The second-order valence-corrected chi connectivity index (χ2v) is 8.27. The van der Waals surface area contributed by atoms with E-state index in [1.165, 1.54) is 17.3 Å². The van der Waals surface area contributed by atoms with Crippen molar-refractivity contribution in [3.8, 4) is 0 Å². The number of pyridine rings is 1. The third kappa shape index (κ3) is 2.66. The summed E-state index contributed by atoms with van der Waals surface area (Å²) in [4.78, 5) is 9.21. The highest BCUT2D eigenvalue weighted by molar-refractivity contribution is 14.2. The fraction of sp³-hybridized carbons (Fsp3) is 0.571. The summed E-state index contributed by atoms with van der Waals surface area (Å²) in [5.41, 5.74) is 2.47. The number of halogens is 1. The first kappa shape index (κ1) is 15.4. The van der Waals surface area contributed by atoms with Crippen LogP contribution in [0, 0.1) is 6.92 Å². The number of aromatic nitrogens is 3. The molecule has 2 unspecified atom stereocenters. The molecule has 0 aliphatic carbocycles. The Labute approximate surface area is 140 Å². The summed E-state index contributed by atoms with van der Waals surface area (Å²) >= 11 is 2.39. The number of nitrogens with zero attached hydrogens (tertiary/aromatic N) is 5. The Hall–Kier alpha value is -0.460. The lowest BCUT2D eigenvalue weighted by Crippen LogP contribution is -2.43. The van der Waals surface area contributed by atoms with Gasteiger partial charge in [0, 0.05) is 30.5 Å². The molecule has 1 aliphatic heterocycles. The van der Waals surface area contributed by atoms with Gasteiger partial charge in [-0.2, -0.15) is 0 Å². The molecule has 21 heavy (non-hydrogen) atoms. The van der Waals surface area contributed by atoms with Crippen molar-refractivity contribution in [3.05, 3.63) is 18.0 Å². The van der Waals surface area contributed by atoms with E-state index in [4.69, 9.17) is 5.10 Å². The lowest BCUT2D eigenvalue weighted by Gasteiger charge is -2.32. The molecule has 2 aromatic rings. The Morgan fingerprint density at radius 2 is 2.19 bits per heavy atom. The molecule has 0 saturated carbocycles. The van der Waals surface area contributed by atoms with Gasteiger partial charge in [0.1, 0.15) is 0 Å². The van der Waals surface area contributed by atoms with Crippen LogP contribution in [0.3, 0.4) is 0 Å². The number of rotatable bonds is 3. The van der Waals surface area contributed by atoms with Crippen LogP contribution < -0.4 is 4.90 Å². The first-order valence-electron chi connectivity index (χ1n) is 7.09. The number of likely N-dealkylation sites (N-methyl/N-ethyl adjacent to an activating group) is 1. The molecule has 0 N–H and O–H groups in total. The molecule has 0 bridgehead atoms. The molecule has 2 atom stereocenters. The summed E-state index contributed by atoms with van der Waals surface area (Å²) in [7, 11) is 4.33. The van der Waals surface area contributed by atoms with Crippen LogP contribution in [0.2, 0.25) is 0 Å². The van der Waals surface area contributed by atoms with Gasteiger partial charge in [0.25, 0.3) is 0 Å². The topological polar surface area (TPSA) is 37.2 Å². The van der Waals surface area contributed by atoms with Gasteiger partial charge in [0.15, 0.2) is 5.82 Å². The quantitative estimate of drug-likeness (QED) is 0.569. The Kier molecular flexibility index (Phi) is 4.14. The van der Waals surface area contributed by atoms with Crippen molar-refractivity contribution >= 4 is 45.1 Å². The van der Waals surface area contributed by atoms with Crippen molar-refractivity contribution in [2.24, 2.45) is 0 Å². The van der Waals surface area contributed by atoms with E-state index in [0.717, 1.165) is 24.6 Å². The molecule has 1 fully saturated rings. The molecule has 7 heteroatoms. The second-order valence-electron chi connectivity index (χ2n) is 6.23. The third-order valence-corrected chi connectivity index (χ3v) is 6.47. The van der Waals surface area contributed by atoms with Crippen LogP contribution in [0.1, 0.15) is 19.0 Å². The van der Waals surface area contributed by atoms with Crippen molar-refractivity contribution in [2.75, 3.05) is 32.1 Å². The van der Waals surface area contributed by atoms with Crippen molar-refractivity contribution in [2.45, 2.75) is 25.8 Å². The van der Waals surface area contributed by atoms with Gasteiger partial charge in [-0.15, -0.1) is 5.10 Å². The second kappa shape index (κ2) is 5.63. The zero-order chi connectivity index (χ0) is 15.2. The third-order valence-electron chi connectivity index (χ3n) is 4.59. The molecular formula is C14H21IN5P. The van der Waals surface area contributed by atoms with E-state index in [2.05, 4.69) is 68.4 Å². The van der Waals surface area contributed by atoms with Crippen LogP contribution in [0.4, 0.5) is 5.82 Å². The smallest absolute Gasteiger partial charge is 0.160 e. The van der Waals surface area contributed by atoms with Crippen LogP contribution >= 0.6 is 28.4 Å². The average Bonchev–Trinajstić information content (AvgIpc) is 3.00. The monoisotopic (exact) mass is 417 g/mol. The summed E-state index contributed by atoms with van der Waals surface area (Å²) in [5.74, 6) is 1.09. The van der Waals surface area contributed by atoms with Crippen LogP contribution in [0.25, 0.3) is 10.9 Å². The summed E-state index contributed by atoms with van der Waals surface area (Å²) in [5, 5.41) is 6.02. The number of hydrogen-bond donors (Lipinski definition) is 0. The van der Waals surface area contributed by atoms with Gasteiger partial charge in [-0.3, -0.25) is 4.98 Å². The molecule has 5 nitrogen and oxygen atoms in total. The Bertz CT molecular complexity index is 671. The van der Waals surface area contributed by atoms with E-state index >= 15 is 0 Å². The summed E-state index contributed by atoms with van der Waals surface area (Å²) in [6, 6.07) is 2.14. The largest absolute Gasteiger partial charge is 0.353 e. The highest BCUT2D eigenvalue weighted by atomic mass is 127. The van der Waals surface area contributed by atoms with Gasteiger partial charge in [-0.1, -0.05) is 0 Å². The van der Waals surface area contributed by atoms with E-state index < -0.39 is 0 Å². The molecule has 1 aliphatic rings. The van der Waals surface area contributed by atoms with Crippen LogP contribution in [0.15, 0.2) is 12.3 Å². The molecule has 3 rings (SSSR count). The highest BCUT2D eigenvalue weighted by Crippen LogP contribution is 2.37. The number of hydrogen-bond acceptors (Lipinski definition) is 4. The predicted octanol–water partition coefficient (Wildman–Crippen LogP) is 3.06. The van der Waals surface area contributed by atoms with E-state index in [1.807, 2.05) is 13.1 Å². The van der Waals surface area contributed by atoms with Gasteiger partial charge in [-0.05, 0) is 62.5 Å². The van der Waals surface area contributed by atoms with Crippen molar-refractivity contribution in [1.29, 1.82) is 0 Å². The summed E-state index contributed by atoms with van der Waals surface area (Å²) in [6.07, 6.45) is 3.75. The molecule has 0 radical (unpaired) electrons. The van der Waals surface area contributed by atoms with Gasteiger partial charge in [-0.25, -0.2) is 4.45 Å². The van der Waals surface area contributed by atoms with Gasteiger partial charge < -0.3 is 9.80 Å². The standard InChI is InChI=1S/C14H21IN5P/c1-10-7-12-11(8-16-10)13(17-20(12)21-15)19-6-5-14(2,9-19)18(3)4/h7-8,21H,5-6,9H2,1-4H3. The van der Waals surface area contributed by atoms with E-state index in [0.29, 0.717) is 6.37 Å². The Balaban J connectivity index is 2.02. The first-order valence-corrected chi connectivity index (χ1v) is 11.2. The van der Waals surface area contributed by atoms with Crippen molar-refractivity contribution in [3.63, 3.8) is 0 Å². The highest BCUT2D eigenvalue weighted by Gasteiger charge is 2.37. The van der Waals surface area contributed by atoms with Gasteiger partial charge in [0.05, 0.1) is 17.3 Å². The maximum Gasteiger partial charge on any atom is 0.160 e. The molecule has 3 heterocycles. The minimum Gasteiger partial charge on any atom is -0.353 e. The summed E-state index contributed by atoms with van der Waals surface area (Å²) in [6.45, 7) is 6.43. The molecule has 114 valence electrons. The van der Waals surface area contributed by atoms with E-state index in [-0.39, 0.29) is 5.54 Å². The molecular weight excluding hydrogens is 396 g/mol. The number of fused-ring (bicyclic) bond motifs is 1. The zero-order valence-corrected chi connectivity index (χ0v) is 16.0. The minimum absolute atomic E-state index is 0.223. The summed E-state index contributed by atoms with van der Waals surface area (Å²) < 4.78 is 2.10. The normalized spacial score (nSPS) is 23.2. The number of anilines is 1. The average molecular weight is 417 g/mol. The minimum atomic E-state index is 0.223. The van der Waals surface area contributed by atoms with Crippen molar-refractivity contribution < 1.29 is 0 Å². The van der Waals surface area contributed by atoms with Crippen LogP contribution in [-0.4, -0.2) is 52.2 Å². The predicted molar refractivity (Wildman–Crippen MR) is 98.9 cm³/mol. The molecule has 0 aromatic carbocycles. The fourth-order valence-corrected chi connectivity index (χ4v) is 4.40. The van der Waals surface area contributed by atoms with Gasteiger partial charge in [0.2, 0.25) is 0 Å². The molecule has 1 saturated heterocycles. The fourth-order valence-electron chi connectivity index (χ4n) is 2.88. The van der Waals surface area contributed by atoms with Crippen molar-refractivity contribution in [1.82, 2.24) is 19.4 Å². The maximum atomic E-state index is 4.84. The Morgan fingerprint density at radius 3 is 2.81 bits per heavy atom. The van der Waals surface area contributed by atoms with E-state index in [9.17, 15) is 0 Å². The lowest BCUT2D eigenvalue weighted by atomic mass is 10.0. The number of aryl methyl sites for hydroxylation is 1. The first-order chi connectivity index (χ1) is 9.94. The van der Waals surface area contributed by atoms with E-state index in [1.54, 1.807) is 0 Å².